The summed E-state index contributed by atoms with van der Waals surface area (Å²) < 4.78 is 44.1. The van der Waals surface area contributed by atoms with E-state index in [2.05, 4.69) is 13.1 Å². The zero-order chi connectivity index (χ0) is 19.1. The van der Waals surface area contributed by atoms with Crippen LogP contribution in [-0.4, -0.2) is 81.7 Å². The van der Waals surface area contributed by atoms with Crippen LogP contribution in [0.3, 0.4) is 0 Å². The van der Waals surface area contributed by atoms with E-state index >= 15 is 0 Å². The lowest BCUT2D eigenvalue weighted by molar-refractivity contribution is -0.219. The molecule has 0 aromatic heterocycles. The molecule has 0 amide bonds. The number of aliphatic hydroxyl groups is 5. The molecular weight excluding hydrogens is 405 g/mol. The van der Waals surface area contributed by atoms with Gasteiger partial charge in [0.25, 0.3) is 0 Å². The predicted octanol–water partition coefficient (Wildman–Crippen LogP) is -3.48. The summed E-state index contributed by atoms with van der Waals surface area (Å²) >= 11 is 0. The average molecular weight is 420 g/mol. The topological polar surface area (TPSA) is 261 Å². The van der Waals surface area contributed by atoms with E-state index in [0.29, 0.717) is 0 Å². The first-order chi connectivity index (χ1) is 10.6. The minimum absolute atomic E-state index is 2.05. The van der Waals surface area contributed by atoms with Crippen molar-refractivity contribution < 1.29 is 71.9 Å². The molecule has 0 heterocycles. The van der Waals surface area contributed by atoms with Crippen LogP contribution in [0.1, 0.15) is 0 Å². The van der Waals surface area contributed by atoms with E-state index in [-0.39, 0.29) is 0 Å². The van der Waals surface area contributed by atoms with E-state index in [1.165, 1.54) is 0 Å². The lowest BCUT2D eigenvalue weighted by atomic mass is 9.85. The molecular formula is C6H15O15P3. The number of aliphatic hydroxyl groups excluding tert-OH is 5. The van der Waals surface area contributed by atoms with Gasteiger partial charge in [0.2, 0.25) is 0 Å². The molecule has 0 aromatic rings. The van der Waals surface area contributed by atoms with E-state index in [1.54, 1.807) is 0 Å². The van der Waals surface area contributed by atoms with Crippen molar-refractivity contribution in [2.75, 3.05) is 0 Å². The highest BCUT2D eigenvalue weighted by Crippen LogP contribution is 2.66. The minimum atomic E-state index is -5.82. The minimum Gasteiger partial charge on any atom is -0.387 e. The molecule has 24 heavy (non-hydrogen) atoms. The quantitative estimate of drug-likeness (QED) is 0.189. The molecule has 0 aromatic carbocycles. The van der Waals surface area contributed by atoms with Gasteiger partial charge in [-0.2, -0.15) is 8.62 Å². The summed E-state index contributed by atoms with van der Waals surface area (Å²) in [5, 5.41) is 47.2. The number of rotatable bonds is 6. The van der Waals surface area contributed by atoms with Gasteiger partial charge in [-0.1, -0.05) is 0 Å². The Labute approximate surface area is 133 Å². The average Bonchev–Trinajstić information content (AvgIpc) is 2.35. The third kappa shape index (κ3) is 5.88. The van der Waals surface area contributed by atoms with Crippen LogP contribution >= 0.6 is 23.5 Å². The van der Waals surface area contributed by atoms with Gasteiger partial charge in [0.15, 0.2) is 0 Å². The first kappa shape index (κ1) is 22.3. The SMILES string of the molecule is O=P(O)(O)OP(=O)(O)OP(=O)(O)O[C@@H]1[C@@H](O)[C@H](O)[C@H](O)[C@H](O)[C@@H]1O. The van der Waals surface area contributed by atoms with Crippen LogP contribution in [0, 0.1) is 0 Å². The zero-order valence-electron chi connectivity index (χ0n) is 11.3. The summed E-state index contributed by atoms with van der Waals surface area (Å²) in [6, 6.07) is 0. The van der Waals surface area contributed by atoms with E-state index in [4.69, 9.17) is 14.7 Å². The molecule has 18 heteroatoms. The van der Waals surface area contributed by atoms with Crippen LogP contribution in [0.25, 0.3) is 0 Å². The van der Waals surface area contributed by atoms with Gasteiger partial charge in [0.1, 0.15) is 36.6 Å². The van der Waals surface area contributed by atoms with Gasteiger partial charge >= 0.3 is 23.5 Å². The van der Waals surface area contributed by atoms with Crippen molar-refractivity contribution in [3.8, 4) is 0 Å². The Morgan fingerprint density at radius 1 is 0.583 bits per heavy atom. The second-order valence-corrected chi connectivity index (χ2v) is 8.99. The second-order valence-electron chi connectivity index (χ2n) is 4.61. The maximum atomic E-state index is 11.6. The summed E-state index contributed by atoms with van der Waals surface area (Å²) in [6.07, 6.45) is -13.1. The molecule has 1 fully saturated rings. The van der Waals surface area contributed by atoms with Crippen molar-refractivity contribution in [3.05, 3.63) is 0 Å². The molecule has 2 unspecified atom stereocenters. The first-order valence-corrected chi connectivity index (χ1v) is 10.3. The monoisotopic (exact) mass is 420 g/mol. The summed E-state index contributed by atoms with van der Waals surface area (Å²) in [7, 11) is -17.2. The van der Waals surface area contributed by atoms with E-state index in [1.807, 2.05) is 0 Å². The molecule has 0 bridgehead atoms. The third-order valence-electron chi connectivity index (χ3n) is 2.74. The Morgan fingerprint density at radius 2 is 0.958 bits per heavy atom. The molecule has 0 spiro atoms. The molecule has 0 radical (unpaired) electrons. The lowest BCUT2D eigenvalue weighted by Crippen LogP contribution is -2.64. The molecule has 1 rings (SSSR count). The normalized spacial score (nSPS) is 39.9. The Morgan fingerprint density at radius 3 is 1.33 bits per heavy atom. The molecule has 8 atom stereocenters. The molecule has 1 aliphatic carbocycles. The van der Waals surface area contributed by atoms with Crippen LogP contribution in [0.5, 0.6) is 0 Å². The summed E-state index contributed by atoms with van der Waals surface area (Å²) in [5.74, 6) is 0. The number of phosphoric acid groups is 3. The van der Waals surface area contributed by atoms with Crippen molar-refractivity contribution in [2.24, 2.45) is 0 Å². The molecule has 1 aliphatic rings. The van der Waals surface area contributed by atoms with Crippen LogP contribution in [0.4, 0.5) is 0 Å². The maximum Gasteiger partial charge on any atom is 0.490 e. The van der Waals surface area contributed by atoms with Gasteiger partial charge in [0, 0.05) is 0 Å². The Bertz CT molecular complexity index is 570. The fourth-order valence-corrected chi connectivity index (χ4v) is 4.99. The van der Waals surface area contributed by atoms with Crippen molar-refractivity contribution in [1.29, 1.82) is 0 Å². The zero-order valence-corrected chi connectivity index (χ0v) is 14.0. The highest BCUT2D eigenvalue weighted by atomic mass is 31.3. The van der Waals surface area contributed by atoms with Crippen molar-refractivity contribution in [2.45, 2.75) is 36.6 Å². The van der Waals surface area contributed by atoms with Gasteiger partial charge in [-0.25, -0.2) is 13.7 Å². The van der Waals surface area contributed by atoms with E-state index < -0.39 is 60.1 Å². The Balaban J connectivity index is 2.91. The second kappa shape index (κ2) is 7.45. The highest BCUT2D eigenvalue weighted by Gasteiger charge is 2.52. The van der Waals surface area contributed by atoms with Crippen LogP contribution in [0.2, 0.25) is 0 Å². The van der Waals surface area contributed by atoms with Crippen molar-refractivity contribution >= 4 is 23.5 Å². The molecule has 9 N–H and O–H groups in total. The predicted molar refractivity (Wildman–Crippen MR) is 68.8 cm³/mol. The van der Waals surface area contributed by atoms with Crippen LogP contribution in [0.15, 0.2) is 0 Å². The highest BCUT2D eigenvalue weighted by molar-refractivity contribution is 7.66. The number of phosphoric ester groups is 1. The Hall–Kier alpha value is 0.210. The third-order valence-corrected chi connectivity index (χ3v) is 6.58. The fourth-order valence-electron chi connectivity index (χ4n) is 1.77. The molecule has 1 saturated carbocycles. The maximum absolute atomic E-state index is 11.6. The lowest BCUT2D eigenvalue weighted by Gasteiger charge is -2.41. The molecule has 15 nitrogen and oxygen atoms in total. The van der Waals surface area contributed by atoms with Gasteiger partial charge in [-0.15, -0.1) is 0 Å². The molecule has 0 saturated heterocycles. The summed E-state index contributed by atoms with van der Waals surface area (Å²) in [4.78, 5) is 34.9. The van der Waals surface area contributed by atoms with Gasteiger partial charge in [-0.05, 0) is 0 Å². The Kier molecular flexibility index (Phi) is 6.90. The largest absolute Gasteiger partial charge is 0.490 e. The standard InChI is InChI=1S/C6H15O15P3/c7-1-2(8)4(10)6(5(11)3(1)9)19-23(15,16)21-24(17,18)20-22(12,13)14/h1-11H,(H,15,16)(H,17,18)(H2,12,13,14)/t1-,2+,3-,4-,5-,6+/m0/s1. The van der Waals surface area contributed by atoms with Gasteiger partial charge in [-0.3, -0.25) is 4.52 Å². The van der Waals surface area contributed by atoms with Crippen molar-refractivity contribution in [1.82, 2.24) is 0 Å². The fraction of sp³-hybridized carbons (Fsp3) is 1.00. The number of hydrogen-bond donors (Lipinski definition) is 9. The molecule has 144 valence electrons. The van der Waals surface area contributed by atoms with Gasteiger partial charge < -0.3 is 45.1 Å². The van der Waals surface area contributed by atoms with E-state index in [9.17, 15) is 44.1 Å². The summed E-state index contributed by atoms with van der Waals surface area (Å²) in [6.45, 7) is 0. The van der Waals surface area contributed by atoms with Crippen LogP contribution in [-0.2, 0) is 26.8 Å². The molecule has 0 aliphatic heterocycles. The first-order valence-electron chi connectivity index (χ1n) is 5.79. The smallest absolute Gasteiger partial charge is 0.387 e. The van der Waals surface area contributed by atoms with Gasteiger partial charge in [0.05, 0.1) is 0 Å². The summed E-state index contributed by atoms with van der Waals surface area (Å²) in [5.41, 5.74) is 0. The van der Waals surface area contributed by atoms with Crippen LogP contribution < -0.4 is 0 Å². The number of hydrogen-bond acceptors (Lipinski definition) is 11. The van der Waals surface area contributed by atoms with Crippen molar-refractivity contribution in [3.63, 3.8) is 0 Å². The van der Waals surface area contributed by atoms with E-state index in [0.717, 1.165) is 0 Å².